The van der Waals surface area contributed by atoms with E-state index in [2.05, 4.69) is 36.5 Å². The molecule has 0 bridgehead atoms. The molecular formula is C24H26FNO2. The minimum Gasteiger partial charge on any atom is -0.493 e. The minimum atomic E-state index is -0.200. The fourth-order valence-electron chi connectivity index (χ4n) is 2.90. The number of ether oxygens (including phenoxy) is 2. The zero-order valence-electron chi connectivity index (χ0n) is 16.4. The van der Waals surface area contributed by atoms with Crippen molar-refractivity contribution < 1.29 is 13.9 Å². The Morgan fingerprint density at radius 2 is 1.50 bits per heavy atom. The van der Waals surface area contributed by atoms with E-state index < -0.39 is 0 Å². The molecule has 0 aliphatic heterocycles. The van der Waals surface area contributed by atoms with Crippen LogP contribution in [0, 0.1) is 12.7 Å². The van der Waals surface area contributed by atoms with Gasteiger partial charge in [0.25, 0.3) is 0 Å². The molecule has 0 aromatic heterocycles. The molecule has 0 unspecified atom stereocenters. The molecule has 0 aliphatic carbocycles. The average Bonchev–Trinajstić information content (AvgIpc) is 2.72. The first kappa shape index (κ1) is 19.9. The summed E-state index contributed by atoms with van der Waals surface area (Å²) in [4.78, 5) is 0. The summed E-state index contributed by atoms with van der Waals surface area (Å²) in [5.74, 6) is 1.26. The monoisotopic (exact) mass is 379 g/mol. The van der Waals surface area contributed by atoms with E-state index in [1.54, 1.807) is 7.11 Å². The van der Waals surface area contributed by atoms with Gasteiger partial charge in [0.2, 0.25) is 0 Å². The zero-order valence-corrected chi connectivity index (χ0v) is 16.4. The van der Waals surface area contributed by atoms with E-state index in [0.29, 0.717) is 6.61 Å². The third-order valence-electron chi connectivity index (χ3n) is 4.58. The second-order valence-electron chi connectivity index (χ2n) is 6.81. The molecular weight excluding hydrogens is 353 g/mol. The van der Waals surface area contributed by atoms with Gasteiger partial charge in [0.15, 0.2) is 11.5 Å². The van der Waals surface area contributed by atoms with E-state index in [4.69, 9.17) is 9.47 Å². The molecule has 3 aromatic rings. The second kappa shape index (κ2) is 9.90. The van der Waals surface area contributed by atoms with Crippen molar-refractivity contribution in [1.29, 1.82) is 0 Å². The number of aryl methyl sites for hydroxylation is 1. The molecule has 146 valence electrons. The number of hydrogen-bond acceptors (Lipinski definition) is 3. The number of methoxy groups -OCH3 is 1. The van der Waals surface area contributed by atoms with Gasteiger partial charge in [0.1, 0.15) is 12.4 Å². The minimum absolute atomic E-state index is 0.200. The SMILES string of the molecule is COc1cc(CNCCc2ccc(F)cc2)ccc1OCc1ccc(C)cc1. The first-order chi connectivity index (χ1) is 13.6. The number of benzene rings is 3. The van der Waals surface area contributed by atoms with Gasteiger partial charge in [-0.3, -0.25) is 0 Å². The van der Waals surface area contributed by atoms with Crippen LogP contribution in [0.5, 0.6) is 11.5 Å². The highest BCUT2D eigenvalue weighted by Crippen LogP contribution is 2.28. The Balaban J connectivity index is 1.50. The molecule has 3 aromatic carbocycles. The van der Waals surface area contributed by atoms with Crippen LogP contribution in [0.25, 0.3) is 0 Å². The summed E-state index contributed by atoms with van der Waals surface area (Å²) in [6, 6.07) is 20.9. The first-order valence-electron chi connectivity index (χ1n) is 9.44. The molecule has 0 amide bonds. The summed E-state index contributed by atoms with van der Waals surface area (Å²) in [6.45, 7) is 4.13. The van der Waals surface area contributed by atoms with Crippen molar-refractivity contribution in [2.24, 2.45) is 0 Å². The first-order valence-corrected chi connectivity index (χ1v) is 9.44. The number of hydrogen-bond donors (Lipinski definition) is 1. The van der Waals surface area contributed by atoms with Gasteiger partial charge in [-0.25, -0.2) is 4.39 Å². The van der Waals surface area contributed by atoms with E-state index >= 15 is 0 Å². The predicted octanol–water partition coefficient (Wildman–Crippen LogP) is 5.05. The van der Waals surface area contributed by atoms with Gasteiger partial charge in [0, 0.05) is 6.54 Å². The summed E-state index contributed by atoms with van der Waals surface area (Å²) < 4.78 is 24.3. The predicted molar refractivity (Wildman–Crippen MR) is 110 cm³/mol. The Hall–Kier alpha value is -2.85. The summed E-state index contributed by atoms with van der Waals surface area (Å²) in [5.41, 5.74) is 4.60. The molecule has 0 saturated heterocycles. The highest BCUT2D eigenvalue weighted by Gasteiger charge is 2.06. The molecule has 0 saturated carbocycles. The smallest absolute Gasteiger partial charge is 0.161 e. The fraction of sp³-hybridized carbons (Fsp3) is 0.250. The molecule has 1 N–H and O–H groups in total. The lowest BCUT2D eigenvalue weighted by Gasteiger charge is -2.13. The van der Waals surface area contributed by atoms with Gasteiger partial charge in [-0.05, 0) is 60.8 Å². The van der Waals surface area contributed by atoms with Crippen LogP contribution in [0.3, 0.4) is 0 Å². The van der Waals surface area contributed by atoms with Crippen LogP contribution < -0.4 is 14.8 Å². The van der Waals surface area contributed by atoms with Crippen LogP contribution in [-0.2, 0) is 19.6 Å². The third kappa shape index (κ3) is 5.83. The standard InChI is InChI=1S/C24H26FNO2/c1-18-3-5-20(6-4-18)17-28-23-12-9-21(15-24(23)27-2)16-26-14-13-19-7-10-22(25)11-8-19/h3-12,15,26H,13-14,16-17H2,1-2H3. The molecule has 3 nitrogen and oxygen atoms in total. The van der Waals surface area contributed by atoms with Crippen LogP contribution in [-0.4, -0.2) is 13.7 Å². The largest absolute Gasteiger partial charge is 0.493 e. The van der Waals surface area contributed by atoms with Crippen molar-refractivity contribution in [3.8, 4) is 11.5 Å². The molecule has 0 radical (unpaired) electrons. The molecule has 3 rings (SSSR count). The molecule has 0 heterocycles. The number of halogens is 1. The number of rotatable bonds is 9. The highest BCUT2D eigenvalue weighted by molar-refractivity contribution is 5.43. The van der Waals surface area contributed by atoms with Crippen LogP contribution in [0.2, 0.25) is 0 Å². The maximum Gasteiger partial charge on any atom is 0.161 e. The summed E-state index contributed by atoms with van der Waals surface area (Å²) in [5, 5.41) is 3.41. The van der Waals surface area contributed by atoms with Crippen LogP contribution in [0.4, 0.5) is 4.39 Å². The topological polar surface area (TPSA) is 30.5 Å². The zero-order chi connectivity index (χ0) is 19.8. The van der Waals surface area contributed by atoms with E-state index in [1.807, 2.05) is 30.3 Å². The fourth-order valence-corrected chi connectivity index (χ4v) is 2.90. The molecule has 0 spiro atoms. The van der Waals surface area contributed by atoms with Crippen molar-refractivity contribution in [2.75, 3.05) is 13.7 Å². The summed E-state index contributed by atoms with van der Waals surface area (Å²) >= 11 is 0. The van der Waals surface area contributed by atoms with Gasteiger partial charge in [-0.2, -0.15) is 0 Å². The third-order valence-corrected chi connectivity index (χ3v) is 4.58. The van der Waals surface area contributed by atoms with Gasteiger partial charge >= 0.3 is 0 Å². The van der Waals surface area contributed by atoms with Gasteiger partial charge < -0.3 is 14.8 Å². The lowest BCUT2D eigenvalue weighted by atomic mass is 10.1. The maximum atomic E-state index is 12.9. The Bertz CT molecular complexity index is 876. The molecule has 0 fully saturated rings. The molecule has 0 aliphatic rings. The average molecular weight is 379 g/mol. The lowest BCUT2D eigenvalue weighted by Crippen LogP contribution is -2.16. The lowest BCUT2D eigenvalue weighted by molar-refractivity contribution is 0.284. The Morgan fingerprint density at radius 1 is 0.821 bits per heavy atom. The van der Waals surface area contributed by atoms with Gasteiger partial charge in [-0.15, -0.1) is 0 Å². The van der Waals surface area contributed by atoms with E-state index in [1.165, 1.54) is 17.7 Å². The summed E-state index contributed by atoms with van der Waals surface area (Å²) in [7, 11) is 1.65. The second-order valence-corrected chi connectivity index (χ2v) is 6.81. The van der Waals surface area contributed by atoms with Crippen molar-refractivity contribution in [3.05, 3.63) is 94.8 Å². The van der Waals surface area contributed by atoms with Crippen molar-refractivity contribution in [3.63, 3.8) is 0 Å². The maximum absolute atomic E-state index is 12.9. The van der Waals surface area contributed by atoms with Crippen molar-refractivity contribution >= 4 is 0 Å². The highest BCUT2D eigenvalue weighted by atomic mass is 19.1. The Labute approximate surface area is 166 Å². The Kier molecular flexibility index (Phi) is 7.04. The molecule has 4 heteroatoms. The summed E-state index contributed by atoms with van der Waals surface area (Å²) in [6.07, 6.45) is 0.856. The van der Waals surface area contributed by atoms with Crippen molar-refractivity contribution in [1.82, 2.24) is 5.32 Å². The van der Waals surface area contributed by atoms with Crippen LogP contribution in [0.15, 0.2) is 66.7 Å². The number of nitrogens with one attached hydrogen (secondary N) is 1. The van der Waals surface area contributed by atoms with E-state index in [-0.39, 0.29) is 5.82 Å². The van der Waals surface area contributed by atoms with Crippen LogP contribution >= 0.6 is 0 Å². The van der Waals surface area contributed by atoms with Crippen LogP contribution in [0.1, 0.15) is 22.3 Å². The van der Waals surface area contributed by atoms with Crippen molar-refractivity contribution in [2.45, 2.75) is 26.5 Å². The van der Waals surface area contributed by atoms with Gasteiger partial charge in [0.05, 0.1) is 7.11 Å². The normalized spacial score (nSPS) is 10.7. The van der Waals surface area contributed by atoms with Gasteiger partial charge in [-0.1, -0.05) is 48.0 Å². The molecule has 0 atom stereocenters. The quantitative estimate of drug-likeness (QED) is 0.528. The molecule has 28 heavy (non-hydrogen) atoms. The Morgan fingerprint density at radius 3 is 2.21 bits per heavy atom. The van der Waals surface area contributed by atoms with E-state index in [9.17, 15) is 4.39 Å². The van der Waals surface area contributed by atoms with E-state index in [0.717, 1.165) is 47.7 Å².